The quantitative estimate of drug-likeness (QED) is 0.897. The van der Waals surface area contributed by atoms with Crippen molar-refractivity contribution in [3.63, 3.8) is 0 Å². The van der Waals surface area contributed by atoms with Crippen molar-refractivity contribution in [2.24, 2.45) is 7.05 Å². The van der Waals surface area contributed by atoms with Gasteiger partial charge in [-0.2, -0.15) is 0 Å². The van der Waals surface area contributed by atoms with E-state index in [0.29, 0.717) is 0 Å². The van der Waals surface area contributed by atoms with E-state index in [1.54, 1.807) is 0 Å². The van der Waals surface area contributed by atoms with E-state index in [9.17, 15) is 9.90 Å². The Balaban J connectivity index is 2.37. The molecule has 3 rings (SSSR count). The lowest BCUT2D eigenvalue weighted by Gasteiger charge is -2.20. The maximum Gasteiger partial charge on any atom is 0.311 e. The second kappa shape index (κ2) is 4.41. The van der Waals surface area contributed by atoms with Gasteiger partial charge in [-0.05, 0) is 36.8 Å². The Morgan fingerprint density at radius 2 is 2.26 bits per heavy atom. The van der Waals surface area contributed by atoms with Crippen molar-refractivity contribution in [3.8, 4) is 0 Å². The molecule has 1 aliphatic carbocycles. The molecule has 0 aliphatic heterocycles. The van der Waals surface area contributed by atoms with Crippen LogP contribution in [-0.4, -0.2) is 15.6 Å². The molecule has 1 heterocycles. The van der Waals surface area contributed by atoms with E-state index in [-0.39, 0.29) is 5.92 Å². The molecule has 19 heavy (non-hydrogen) atoms. The van der Waals surface area contributed by atoms with Crippen LogP contribution in [-0.2, 0) is 24.7 Å². The second-order valence-corrected chi connectivity index (χ2v) is 5.37. The van der Waals surface area contributed by atoms with Gasteiger partial charge in [0.25, 0.3) is 0 Å². The largest absolute Gasteiger partial charge is 0.481 e. The Bertz CT molecular complexity index is 654. The molecule has 2 aromatic rings. The van der Waals surface area contributed by atoms with Gasteiger partial charge in [0.2, 0.25) is 0 Å². The molecular formula is C16H19NO2. The molecule has 1 aromatic carbocycles. The van der Waals surface area contributed by atoms with Crippen LogP contribution in [0.1, 0.15) is 42.5 Å². The van der Waals surface area contributed by atoms with E-state index in [1.807, 2.05) is 0 Å². The van der Waals surface area contributed by atoms with Crippen LogP contribution in [0.25, 0.3) is 10.9 Å². The van der Waals surface area contributed by atoms with Crippen LogP contribution < -0.4 is 0 Å². The molecule has 3 heteroatoms. The number of para-hydroxylation sites is 1. The van der Waals surface area contributed by atoms with Crippen LogP contribution in [0.2, 0.25) is 0 Å². The number of fused-ring (bicyclic) bond motifs is 3. The van der Waals surface area contributed by atoms with Crippen molar-refractivity contribution in [1.82, 2.24) is 4.57 Å². The van der Waals surface area contributed by atoms with E-state index >= 15 is 0 Å². The molecule has 0 amide bonds. The highest BCUT2D eigenvalue weighted by Crippen LogP contribution is 2.39. The van der Waals surface area contributed by atoms with Crippen molar-refractivity contribution in [1.29, 1.82) is 0 Å². The molecule has 0 saturated carbocycles. The first-order chi connectivity index (χ1) is 9.15. The Hall–Kier alpha value is -1.77. The number of hydrogen-bond donors (Lipinski definition) is 1. The van der Waals surface area contributed by atoms with Crippen molar-refractivity contribution in [2.45, 2.75) is 38.5 Å². The van der Waals surface area contributed by atoms with Gasteiger partial charge in [-0.1, -0.05) is 25.1 Å². The monoisotopic (exact) mass is 257 g/mol. The Morgan fingerprint density at radius 3 is 2.95 bits per heavy atom. The lowest BCUT2D eigenvalue weighted by Crippen LogP contribution is -2.18. The van der Waals surface area contributed by atoms with E-state index in [2.05, 4.69) is 36.7 Å². The van der Waals surface area contributed by atoms with Gasteiger partial charge < -0.3 is 9.67 Å². The summed E-state index contributed by atoms with van der Waals surface area (Å²) in [6, 6.07) is 6.27. The van der Waals surface area contributed by atoms with Crippen LogP contribution in [0.4, 0.5) is 0 Å². The lowest BCUT2D eigenvalue weighted by atomic mass is 9.85. The van der Waals surface area contributed by atoms with Crippen LogP contribution in [0, 0.1) is 0 Å². The summed E-state index contributed by atoms with van der Waals surface area (Å²) in [4.78, 5) is 11.5. The number of aromatic nitrogens is 1. The summed E-state index contributed by atoms with van der Waals surface area (Å²) in [6.07, 6.45) is 3.70. The topological polar surface area (TPSA) is 42.2 Å². The number of hydrogen-bond acceptors (Lipinski definition) is 1. The van der Waals surface area contributed by atoms with Gasteiger partial charge >= 0.3 is 5.97 Å². The number of benzene rings is 1. The first-order valence-corrected chi connectivity index (χ1v) is 6.97. The Kier molecular flexibility index (Phi) is 2.85. The van der Waals surface area contributed by atoms with Crippen LogP contribution in [0.3, 0.4) is 0 Å². The Morgan fingerprint density at radius 1 is 1.47 bits per heavy atom. The minimum Gasteiger partial charge on any atom is -0.481 e. The summed E-state index contributed by atoms with van der Waals surface area (Å²) < 4.78 is 2.22. The smallest absolute Gasteiger partial charge is 0.311 e. The zero-order chi connectivity index (χ0) is 13.6. The fourth-order valence-corrected chi connectivity index (χ4v) is 3.52. The molecular weight excluding hydrogens is 238 g/mol. The molecule has 0 fully saturated rings. The van der Waals surface area contributed by atoms with Crippen molar-refractivity contribution >= 4 is 16.9 Å². The average Bonchev–Trinajstić information content (AvgIpc) is 2.72. The lowest BCUT2D eigenvalue weighted by molar-refractivity contribution is -0.139. The van der Waals surface area contributed by atoms with E-state index in [1.165, 1.54) is 16.8 Å². The predicted octanol–water partition coefficient (Wildman–Crippen LogP) is 3.25. The standard InChI is InChI=1S/C16H19NO2/c1-3-10-6-4-7-11-14-12(16(18)19)8-5-9-13(14)17(2)15(10)11/h4,6-7,12H,3,5,8-9H2,1-2H3,(H,18,19). The van der Waals surface area contributed by atoms with Gasteiger partial charge in [0.1, 0.15) is 0 Å². The number of carboxylic acids is 1. The molecule has 0 spiro atoms. The fraction of sp³-hybridized carbons (Fsp3) is 0.438. The number of aryl methyl sites for hydroxylation is 2. The molecule has 3 nitrogen and oxygen atoms in total. The summed E-state index contributed by atoms with van der Waals surface area (Å²) in [5.41, 5.74) is 4.81. The predicted molar refractivity (Wildman–Crippen MR) is 75.6 cm³/mol. The zero-order valence-electron chi connectivity index (χ0n) is 11.4. The third-order valence-electron chi connectivity index (χ3n) is 4.39. The summed E-state index contributed by atoms with van der Waals surface area (Å²) in [5, 5.41) is 10.6. The van der Waals surface area contributed by atoms with Gasteiger partial charge in [0, 0.05) is 18.1 Å². The number of carbonyl (C=O) groups is 1. The van der Waals surface area contributed by atoms with Gasteiger partial charge in [-0.3, -0.25) is 4.79 Å². The van der Waals surface area contributed by atoms with Gasteiger partial charge in [0.05, 0.1) is 11.4 Å². The molecule has 1 unspecified atom stereocenters. The molecule has 0 bridgehead atoms. The Labute approximate surface area is 112 Å². The van der Waals surface area contributed by atoms with Gasteiger partial charge in [-0.15, -0.1) is 0 Å². The van der Waals surface area contributed by atoms with E-state index in [4.69, 9.17) is 0 Å². The number of rotatable bonds is 2. The van der Waals surface area contributed by atoms with Crippen molar-refractivity contribution in [2.75, 3.05) is 0 Å². The van der Waals surface area contributed by atoms with Crippen LogP contribution >= 0.6 is 0 Å². The van der Waals surface area contributed by atoms with Crippen LogP contribution in [0.15, 0.2) is 18.2 Å². The third-order valence-corrected chi connectivity index (χ3v) is 4.39. The van der Waals surface area contributed by atoms with E-state index < -0.39 is 5.97 Å². The normalized spacial score (nSPS) is 18.5. The summed E-state index contributed by atoms with van der Waals surface area (Å²) in [6.45, 7) is 2.15. The molecule has 1 N–H and O–H groups in total. The SMILES string of the molecule is CCc1cccc2c3c(n(C)c12)CCCC3C(=O)O. The zero-order valence-corrected chi connectivity index (χ0v) is 11.4. The minimum atomic E-state index is -0.685. The number of carboxylic acid groups (broad SMARTS) is 1. The average molecular weight is 257 g/mol. The van der Waals surface area contributed by atoms with Gasteiger partial charge in [-0.25, -0.2) is 0 Å². The first-order valence-electron chi connectivity index (χ1n) is 6.97. The highest BCUT2D eigenvalue weighted by molar-refractivity contribution is 5.93. The first kappa shape index (κ1) is 12.3. The van der Waals surface area contributed by atoms with Crippen molar-refractivity contribution < 1.29 is 9.90 Å². The van der Waals surface area contributed by atoms with Crippen LogP contribution in [0.5, 0.6) is 0 Å². The highest BCUT2D eigenvalue weighted by Gasteiger charge is 2.31. The number of nitrogens with zero attached hydrogens (tertiary/aromatic N) is 1. The fourth-order valence-electron chi connectivity index (χ4n) is 3.52. The molecule has 1 aliphatic rings. The summed E-state index contributed by atoms with van der Waals surface area (Å²) >= 11 is 0. The van der Waals surface area contributed by atoms with Gasteiger partial charge in [0.15, 0.2) is 0 Å². The number of aliphatic carboxylic acids is 1. The maximum absolute atomic E-state index is 11.5. The van der Waals surface area contributed by atoms with E-state index in [0.717, 1.165) is 36.6 Å². The summed E-state index contributed by atoms with van der Waals surface area (Å²) in [5.74, 6) is -1.02. The van der Waals surface area contributed by atoms with Crippen molar-refractivity contribution in [3.05, 3.63) is 35.0 Å². The third kappa shape index (κ3) is 1.68. The minimum absolute atomic E-state index is 0.334. The summed E-state index contributed by atoms with van der Waals surface area (Å²) in [7, 11) is 2.07. The molecule has 1 atom stereocenters. The molecule has 0 saturated heterocycles. The molecule has 100 valence electrons. The maximum atomic E-state index is 11.5. The second-order valence-electron chi connectivity index (χ2n) is 5.37. The molecule has 0 radical (unpaired) electrons. The molecule has 1 aromatic heterocycles. The highest BCUT2D eigenvalue weighted by atomic mass is 16.4.